The number of aromatic amines is 1. The van der Waals surface area contributed by atoms with Gasteiger partial charge in [0.1, 0.15) is 5.82 Å². The monoisotopic (exact) mass is 529 g/mol. The summed E-state index contributed by atoms with van der Waals surface area (Å²) in [6.45, 7) is 5.69. The van der Waals surface area contributed by atoms with Crippen LogP contribution in [0.4, 0.5) is 17.1 Å². The van der Waals surface area contributed by atoms with Crippen LogP contribution in [-0.4, -0.2) is 43.7 Å². The first-order valence-corrected chi connectivity index (χ1v) is 13.9. The number of hydrogen-bond donors (Lipinski definition) is 3. The summed E-state index contributed by atoms with van der Waals surface area (Å²) in [5, 5.41) is 4.09. The van der Waals surface area contributed by atoms with Gasteiger partial charge in [-0.15, -0.1) is 0 Å². The van der Waals surface area contributed by atoms with Crippen LogP contribution in [0.1, 0.15) is 5.56 Å². The lowest BCUT2D eigenvalue weighted by molar-refractivity contribution is 0.389. The SMILES string of the molecule is C=C(/C=C\c1c(N)cccc1Nc1ccc(Cl)c(-c2ncc(-c3ccccc3)[nH]2)c1)N1CCS(=O)CC1. The fourth-order valence-electron chi connectivity index (χ4n) is 4.25. The van der Waals surface area contributed by atoms with Gasteiger partial charge in [0.05, 0.1) is 16.9 Å². The fourth-order valence-corrected chi connectivity index (χ4v) is 5.51. The molecule has 6 nitrogen and oxygen atoms in total. The summed E-state index contributed by atoms with van der Waals surface area (Å²) < 4.78 is 11.7. The molecule has 37 heavy (non-hydrogen) atoms. The molecule has 0 bridgehead atoms. The number of rotatable bonds is 7. The molecule has 0 amide bonds. The number of nitrogens with one attached hydrogen (secondary N) is 2. The van der Waals surface area contributed by atoms with Crippen LogP contribution in [0, 0.1) is 0 Å². The van der Waals surface area contributed by atoms with E-state index in [9.17, 15) is 4.21 Å². The summed E-state index contributed by atoms with van der Waals surface area (Å²) in [4.78, 5) is 10.1. The van der Waals surface area contributed by atoms with Crippen LogP contribution in [0.5, 0.6) is 0 Å². The van der Waals surface area contributed by atoms with Crippen molar-refractivity contribution in [1.29, 1.82) is 0 Å². The van der Waals surface area contributed by atoms with E-state index in [1.54, 1.807) is 0 Å². The van der Waals surface area contributed by atoms with Gasteiger partial charge in [-0.05, 0) is 48.0 Å². The molecule has 4 N–H and O–H groups in total. The van der Waals surface area contributed by atoms with Crippen molar-refractivity contribution in [3.8, 4) is 22.6 Å². The highest BCUT2D eigenvalue weighted by atomic mass is 35.5. The highest BCUT2D eigenvalue weighted by Gasteiger charge is 2.15. The van der Waals surface area contributed by atoms with Gasteiger partial charge in [-0.3, -0.25) is 4.21 Å². The summed E-state index contributed by atoms with van der Waals surface area (Å²) in [6.07, 6.45) is 5.75. The number of halogens is 1. The number of nitrogen functional groups attached to an aromatic ring is 1. The summed E-state index contributed by atoms with van der Waals surface area (Å²) in [7, 11) is -0.727. The lowest BCUT2D eigenvalue weighted by Crippen LogP contribution is -2.36. The van der Waals surface area contributed by atoms with Gasteiger partial charge in [0.15, 0.2) is 0 Å². The van der Waals surface area contributed by atoms with Gasteiger partial charge < -0.3 is 20.9 Å². The Morgan fingerprint density at radius 2 is 1.89 bits per heavy atom. The lowest BCUT2D eigenvalue weighted by Gasteiger charge is -2.28. The van der Waals surface area contributed by atoms with E-state index in [4.69, 9.17) is 17.3 Å². The lowest BCUT2D eigenvalue weighted by atomic mass is 10.1. The number of aromatic nitrogens is 2. The minimum Gasteiger partial charge on any atom is -0.398 e. The Hall–Kier alpha value is -3.81. The van der Waals surface area contributed by atoms with Crippen molar-refractivity contribution in [2.75, 3.05) is 35.6 Å². The Morgan fingerprint density at radius 1 is 1.11 bits per heavy atom. The van der Waals surface area contributed by atoms with Gasteiger partial charge >= 0.3 is 0 Å². The second-order valence-electron chi connectivity index (χ2n) is 8.80. The predicted octanol–water partition coefficient (Wildman–Crippen LogP) is 6.31. The van der Waals surface area contributed by atoms with Crippen molar-refractivity contribution >= 4 is 45.5 Å². The second-order valence-corrected chi connectivity index (χ2v) is 10.9. The van der Waals surface area contributed by atoms with E-state index < -0.39 is 10.8 Å². The molecule has 1 saturated heterocycles. The average molecular weight is 530 g/mol. The zero-order valence-electron chi connectivity index (χ0n) is 20.3. The van der Waals surface area contributed by atoms with Crippen molar-refractivity contribution in [1.82, 2.24) is 14.9 Å². The van der Waals surface area contributed by atoms with E-state index >= 15 is 0 Å². The molecule has 188 valence electrons. The highest BCUT2D eigenvalue weighted by molar-refractivity contribution is 7.85. The first kappa shape index (κ1) is 24.9. The van der Waals surface area contributed by atoms with Gasteiger partial charge in [-0.25, -0.2) is 4.98 Å². The van der Waals surface area contributed by atoms with E-state index in [0.29, 0.717) is 28.0 Å². The van der Waals surface area contributed by atoms with Crippen LogP contribution in [0.2, 0.25) is 5.02 Å². The first-order valence-electron chi connectivity index (χ1n) is 12.0. The van der Waals surface area contributed by atoms with Crippen LogP contribution in [-0.2, 0) is 10.8 Å². The number of hydrogen-bond acceptors (Lipinski definition) is 5. The standard InChI is InChI=1S/C29H28ClN5OS/c1-20(35-14-16-37(36)17-15-35)10-12-23-26(31)8-5-9-27(23)33-22-11-13-25(30)24(18-22)29-32-19-28(34-29)21-6-3-2-4-7-21/h2-13,18-19,33H,1,14-17,31H2,(H,32,34)/b12-10-. The quantitative estimate of drug-likeness (QED) is 0.193. The van der Waals surface area contributed by atoms with Gasteiger partial charge in [0, 0.05) is 69.3 Å². The molecule has 0 aliphatic carbocycles. The molecule has 0 atom stereocenters. The topological polar surface area (TPSA) is 87.0 Å². The van der Waals surface area contributed by atoms with Crippen molar-refractivity contribution in [2.24, 2.45) is 0 Å². The smallest absolute Gasteiger partial charge is 0.139 e. The Bertz CT molecular complexity index is 1470. The normalized spacial score (nSPS) is 14.2. The molecule has 1 aliphatic heterocycles. The zero-order chi connectivity index (χ0) is 25.8. The van der Waals surface area contributed by atoms with Crippen LogP contribution >= 0.6 is 11.6 Å². The number of allylic oxidation sites excluding steroid dienone is 1. The highest BCUT2D eigenvalue weighted by Crippen LogP contribution is 2.33. The molecule has 5 rings (SSSR count). The van der Waals surface area contributed by atoms with Gasteiger partial charge in [0.2, 0.25) is 0 Å². The molecule has 3 aromatic carbocycles. The largest absolute Gasteiger partial charge is 0.398 e. The summed E-state index contributed by atoms with van der Waals surface area (Å²) in [5.74, 6) is 2.04. The van der Waals surface area contributed by atoms with E-state index in [0.717, 1.165) is 52.5 Å². The maximum atomic E-state index is 11.7. The molecule has 8 heteroatoms. The molecule has 1 fully saturated rings. The molecular formula is C29H28ClN5OS. The molecule has 0 unspecified atom stereocenters. The van der Waals surface area contributed by atoms with Crippen molar-refractivity contribution in [3.05, 3.63) is 102 Å². The van der Waals surface area contributed by atoms with Gasteiger partial charge in [0.25, 0.3) is 0 Å². The maximum Gasteiger partial charge on any atom is 0.139 e. The van der Waals surface area contributed by atoms with Crippen molar-refractivity contribution in [2.45, 2.75) is 0 Å². The second kappa shape index (κ2) is 11.1. The number of nitrogens with two attached hydrogens (primary N) is 1. The molecule has 1 aliphatic rings. The van der Waals surface area contributed by atoms with Crippen molar-refractivity contribution < 1.29 is 4.21 Å². The Labute approximate surface area is 224 Å². The van der Waals surface area contributed by atoms with E-state index in [1.807, 2.05) is 85.1 Å². The van der Waals surface area contributed by atoms with Crippen LogP contribution in [0.25, 0.3) is 28.7 Å². The predicted molar refractivity (Wildman–Crippen MR) is 156 cm³/mol. The Balaban J connectivity index is 1.38. The van der Waals surface area contributed by atoms with E-state index in [2.05, 4.69) is 26.8 Å². The minimum atomic E-state index is -0.727. The molecule has 0 radical (unpaired) electrons. The minimum absolute atomic E-state index is 0.603. The molecule has 2 heterocycles. The number of H-pyrrole nitrogens is 1. The first-order chi connectivity index (χ1) is 18.0. The zero-order valence-corrected chi connectivity index (χ0v) is 21.9. The number of nitrogens with zero attached hydrogens (tertiary/aromatic N) is 2. The average Bonchev–Trinajstić information content (AvgIpc) is 3.40. The number of benzene rings is 3. The third-order valence-corrected chi connectivity index (χ3v) is 7.93. The van der Waals surface area contributed by atoms with E-state index in [-0.39, 0.29) is 0 Å². The third-order valence-electron chi connectivity index (χ3n) is 6.33. The van der Waals surface area contributed by atoms with Crippen molar-refractivity contribution in [3.63, 3.8) is 0 Å². The molecule has 1 aromatic heterocycles. The maximum absolute atomic E-state index is 11.7. The molecular weight excluding hydrogens is 502 g/mol. The summed E-state index contributed by atoms with van der Waals surface area (Å²) in [6, 6.07) is 21.6. The molecule has 4 aromatic rings. The Morgan fingerprint density at radius 3 is 2.68 bits per heavy atom. The summed E-state index contributed by atoms with van der Waals surface area (Å²) >= 11 is 6.56. The third kappa shape index (κ3) is 5.79. The fraction of sp³-hybridized carbons (Fsp3) is 0.138. The molecule has 0 spiro atoms. The van der Waals surface area contributed by atoms with E-state index in [1.165, 1.54) is 0 Å². The van der Waals surface area contributed by atoms with Crippen LogP contribution < -0.4 is 11.1 Å². The number of imidazole rings is 1. The van der Waals surface area contributed by atoms with Crippen LogP contribution in [0.3, 0.4) is 0 Å². The number of anilines is 3. The van der Waals surface area contributed by atoms with Crippen LogP contribution in [0.15, 0.2) is 91.3 Å². The van der Waals surface area contributed by atoms with Gasteiger partial charge in [-0.1, -0.05) is 54.6 Å². The van der Waals surface area contributed by atoms with Gasteiger partial charge in [-0.2, -0.15) is 0 Å². The summed E-state index contributed by atoms with van der Waals surface area (Å²) in [5.41, 5.74) is 13.2. The Kier molecular flexibility index (Phi) is 7.44. The molecule has 0 saturated carbocycles.